The van der Waals surface area contributed by atoms with E-state index in [1.54, 1.807) is 11.3 Å². The highest BCUT2D eigenvalue weighted by Crippen LogP contribution is 2.16. The van der Waals surface area contributed by atoms with Crippen LogP contribution in [-0.4, -0.2) is 22.1 Å². The zero-order chi connectivity index (χ0) is 13.1. The number of nitrogen functional groups attached to an aromatic ring is 1. The lowest BCUT2D eigenvalue weighted by Crippen LogP contribution is -2.34. The smallest absolute Gasteiger partial charge is 0.269 e. The first-order valence-corrected chi connectivity index (χ1v) is 6.53. The number of hydrogen-bond acceptors (Lipinski definition) is 4. The largest absolute Gasteiger partial charge is 0.382 e. The van der Waals surface area contributed by atoms with Crippen LogP contribution in [0.4, 0.5) is 5.82 Å². The zero-order valence-electron chi connectivity index (χ0n) is 10.4. The molecule has 0 spiro atoms. The van der Waals surface area contributed by atoms with Crippen LogP contribution >= 0.6 is 11.3 Å². The van der Waals surface area contributed by atoms with Crippen LogP contribution in [0.25, 0.3) is 0 Å². The molecule has 0 aliphatic heterocycles. The number of rotatable bonds is 4. The van der Waals surface area contributed by atoms with Gasteiger partial charge in [-0.15, -0.1) is 11.3 Å². The molecule has 0 aromatic carbocycles. The molecule has 0 radical (unpaired) electrons. The van der Waals surface area contributed by atoms with E-state index in [0.717, 1.165) is 6.42 Å². The zero-order valence-corrected chi connectivity index (χ0v) is 11.2. The van der Waals surface area contributed by atoms with E-state index in [1.807, 2.05) is 6.92 Å². The fraction of sp³-hybridized carbons (Fsp3) is 0.333. The molecular formula is C12H16N4OS. The van der Waals surface area contributed by atoms with Crippen LogP contribution < -0.4 is 11.1 Å². The van der Waals surface area contributed by atoms with Crippen molar-refractivity contribution in [1.29, 1.82) is 0 Å². The minimum absolute atomic E-state index is 0.0695. The van der Waals surface area contributed by atoms with Gasteiger partial charge in [0.05, 0.1) is 0 Å². The molecule has 18 heavy (non-hydrogen) atoms. The maximum absolute atomic E-state index is 11.8. The Morgan fingerprint density at radius 3 is 2.94 bits per heavy atom. The van der Waals surface area contributed by atoms with Crippen molar-refractivity contribution in [2.45, 2.75) is 26.3 Å². The summed E-state index contributed by atoms with van der Waals surface area (Å²) in [6, 6.07) is 5.78. The molecule has 2 heterocycles. The Bertz CT molecular complexity index is 546. The Morgan fingerprint density at radius 1 is 1.61 bits per heavy atom. The summed E-state index contributed by atoms with van der Waals surface area (Å²) in [5.74, 6) is 0.140. The van der Waals surface area contributed by atoms with Gasteiger partial charge >= 0.3 is 0 Å². The summed E-state index contributed by atoms with van der Waals surface area (Å²) >= 11 is 1.75. The molecule has 96 valence electrons. The van der Waals surface area contributed by atoms with Crippen molar-refractivity contribution < 1.29 is 4.79 Å². The van der Waals surface area contributed by atoms with E-state index in [9.17, 15) is 4.79 Å². The quantitative estimate of drug-likeness (QED) is 0.786. The number of carbonyl (C=O) groups is 1. The Morgan fingerprint density at radius 2 is 2.39 bits per heavy atom. The van der Waals surface area contributed by atoms with E-state index in [-0.39, 0.29) is 11.9 Å². The highest BCUT2D eigenvalue weighted by atomic mass is 32.1. The summed E-state index contributed by atoms with van der Waals surface area (Å²) in [6.07, 6.45) is 0.827. The molecular weight excluding hydrogens is 248 g/mol. The van der Waals surface area contributed by atoms with Crippen molar-refractivity contribution >= 4 is 23.1 Å². The number of carbonyl (C=O) groups excluding carboxylic acids is 1. The monoisotopic (exact) mass is 264 g/mol. The molecule has 0 bridgehead atoms. The molecule has 1 unspecified atom stereocenters. The van der Waals surface area contributed by atoms with Gasteiger partial charge in [0, 0.05) is 28.3 Å². The lowest BCUT2D eigenvalue weighted by molar-refractivity contribution is 0.0935. The normalized spacial score (nSPS) is 12.3. The molecule has 2 aromatic rings. The SMILES string of the molecule is Cc1ccc(CC(C)NC(=O)c2cc(N)n[nH]2)s1. The number of nitrogens with two attached hydrogens (primary N) is 1. The fourth-order valence-electron chi connectivity index (χ4n) is 1.70. The summed E-state index contributed by atoms with van der Waals surface area (Å²) in [7, 11) is 0. The molecule has 5 nitrogen and oxygen atoms in total. The molecule has 0 fully saturated rings. The van der Waals surface area contributed by atoms with Gasteiger partial charge in [0.1, 0.15) is 11.5 Å². The van der Waals surface area contributed by atoms with Crippen molar-refractivity contribution in [1.82, 2.24) is 15.5 Å². The number of nitrogens with zero attached hydrogens (tertiary/aromatic N) is 1. The summed E-state index contributed by atoms with van der Waals surface area (Å²) in [4.78, 5) is 14.4. The van der Waals surface area contributed by atoms with Crippen LogP contribution in [0.3, 0.4) is 0 Å². The highest BCUT2D eigenvalue weighted by Gasteiger charge is 2.12. The van der Waals surface area contributed by atoms with Crippen molar-refractivity contribution in [3.63, 3.8) is 0 Å². The second kappa shape index (κ2) is 5.22. The number of nitrogens with one attached hydrogen (secondary N) is 2. The number of H-pyrrole nitrogens is 1. The van der Waals surface area contributed by atoms with Gasteiger partial charge in [0.25, 0.3) is 5.91 Å². The molecule has 0 aliphatic rings. The molecule has 6 heteroatoms. The first-order valence-electron chi connectivity index (χ1n) is 5.71. The average molecular weight is 264 g/mol. The number of amides is 1. The maximum Gasteiger partial charge on any atom is 0.269 e. The van der Waals surface area contributed by atoms with Crippen LogP contribution in [0.5, 0.6) is 0 Å². The van der Waals surface area contributed by atoms with Gasteiger partial charge in [0.2, 0.25) is 0 Å². The van der Waals surface area contributed by atoms with Crippen molar-refractivity contribution in [3.05, 3.63) is 33.6 Å². The van der Waals surface area contributed by atoms with Crippen LogP contribution in [0.2, 0.25) is 0 Å². The predicted molar refractivity (Wildman–Crippen MR) is 72.7 cm³/mol. The summed E-state index contributed by atoms with van der Waals surface area (Å²) < 4.78 is 0. The number of aromatic nitrogens is 2. The Hall–Kier alpha value is -1.82. The Balaban J connectivity index is 1.91. The van der Waals surface area contributed by atoms with Crippen molar-refractivity contribution in [2.75, 3.05) is 5.73 Å². The van der Waals surface area contributed by atoms with Gasteiger partial charge in [-0.25, -0.2) is 0 Å². The van der Waals surface area contributed by atoms with E-state index >= 15 is 0 Å². The van der Waals surface area contributed by atoms with E-state index in [4.69, 9.17) is 5.73 Å². The van der Waals surface area contributed by atoms with E-state index in [0.29, 0.717) is 11.5 Å². The predicted octanol–water partition coefficient (Wildman–Crippen LogP) is 1.72. The lowest BCUT2D eigenvalue weighted by Gasteiger charge is -2.11. The van der Waals surface area contributed by atoms with Crippen LogP contribution in [0.15, 0.2) is 18.2 Å². The molecule has 2 rings (SSSR count). The lowest BCUT2D eigenvalue weighted by atomic mass is 10.2. The molecule has 0 saturated heterocycles. The number of aromatic amines is 1. The number of anilines is 1. The number of hydrogen-bond donors (Lipinski definition) is 3. The topological polar surface area (TPSA) is 83.8 Å². The van der Waals surface area contributed by atoms with Crippen LogP contribution in [0, 0.1) is 6.92 Å². The first-order chi connectivity index (χ1) is 8.54. The summed E-state index contributed by atoms with van der Waals surface area (Å²) in [5.41, 5.74) is 5.84. The van der Waals surface area contributed by atoms with Gasteiger partial charge in [-0.2, -0.15) is 5.10 Å². The van der Waals surface area contributed by atoms with Gasteiger partial charge in [0.15, 0.2) is 0 Å². The minimum Gasteiger partial charge on any atom is -0.382 e. The van der Waals surface area contributed by atoms with Gasteiger partial charge in [-0.1, -0.05) is 0 Å². The van der Waals surface area contributed by atoms with E-state index in [1.165, 1.54) is 15.8 Å². The highest BCUT2D eigenvalue weighted by molar-refractivity contribution is 7.11. The van der Waals surface area contributed by atoms with Crippen LogP contribution in [0.1, 0.15) is 27.2 Å². The Labute approximate surface area is 109 Å². The van der Waals surface area contributed by atoms with E-state index < -0.39 is 0 Å². The molecule has 1 amide bonds. The van der Waals surface area contributed by atoms with E-state index in [2.05, 4.69) is 34.6 Å². The van der Waals surface area contributed by atoms with Crippen molar-refractivity contribution in [2.24, 2.45) is 0 Å². The second-order valence-electron chi connectivity index (χ2n) is 4.30. The Kier molecular flexibility index (Phi) is 3.66. The molecule has 0 aliphatic carbocycles. The molecule has 2 aromatic heterocycles. The number of thiophene rings is 1. The molecule has 0 saturated carbocycles. The fourth-order valence-corrected chi connectivity index (χ4v) is 2.72. The van der Waals surface area contributed by atoms with Crippen molar-refractivity contribution in [3.8, 4) is 0 Å². The van der Waals surface area contributed by atoms with Gasteiger partial charge in [-0.05, 0) is 26.0 Å². The third kappa shape index (κ3) is 3.10. The average Bonchev–Trinajstić information content (AvgIpc) is 2.87. The summed E-state index contributed by atoms with van der Waals surface area (Å²) in [5, 5.41) is 9.23. The second-order valence-corrected chi connectivity index (χ2v) is 5.67. The third-order valence-corrected chi connectivity index (χ3v) is 3.55. The maximum atomic E-state index is 11.8. The minimum atomic E-state index is -0.181. The van der Waals surface area contributed by atoms with Crippen LogP contribution in [-0.2, 0) is 6.42 Å². The standard InChI is InChI=1S/C12H16N4OS/c1-7(5-9-4-3-8(2)18-9)14-12(17)10-6-11(13)16-15-10/h3-4,6-7H,5H2,1-2H3,(H,14,17)(H3,13,15,16). The number of aryl methyl sites for hydroxylation is 1. The third-order valence-electron chi connectivity index (χ3n) is 2.52. The first kappa shape index (κ1) is 12.6. The van der Waals surface area contributed by atoms with Gasteiger partial charge < -0.3 is 11.1 Å². The van der Waals surface area contributed by atoms with Gasteiger partial charge in [-0.3, -0.25) is 9.89 Å². The summed E-state index contributed by atoms with van der Waals surface area (Å²) in [6.45, 7) is 4.05. The molecule has 4 N–H and O–H groups in total. The molecule has 1 atom stereocenters.